The van der Waals surface area contributed by atoms with E-state index in [0.29, 0.717) is 35.3 Å². The van der Waals surface area contributed by atoms with Crippen molar-refractivity contribution in [3.05, 3.63) is 76.8 Å². The Hall–Kier alpha value is -4.65. The van der Waals surface area contributed by atoms with E-state index in [1.54, 1.807) is 60.0 Å². The van der Waals surface area contributed by atoms with Crippen LogP contribution in [0.3, 0.4) is 0 Å². The summed E-state index contributed by atoms with van der Waals surface area (Å²) in [6.45, 7) is 1.61. The lowest BCUT2D eigenvalue weighted by molar-refractivity contribution is -0.128. The van der Waals surface area contributed by atoms with Crippen LogP contribution >= 0.6 is 0 Å². The maximum Gasteiger partial charge on any atom is 0.334 e. The van der Waals surface area contributed by atoms with Crippen molar-refractivity contribution < 1.29 is 18.3 Å². The van der Waals surface area contributed by atoms with Gasteiger partial charge >= 0.3 is 5.69 Å². The fourth-order valence-electron chi connectivity index (χ4n) is 4.58. The Morgan fingerprint density at radius 3 is 2.57 bits per heavy atom. The maximum absolute atomic E-state index is 14.0. The number of fused-ring (bicyclic) bond motifs is 1. The Labute approximate surface area is 210 Å². The number of rotatable bonds is 5. The van der Waals surface area contributed by atoms with E-state index >= 15 is 0 Å². The lowest BCUT2D eigenvalue weighted by atomic mass is 9.85. The third-order valence-corrected chi connectivity index (χ3v) is 6.58. The molecule has 2 N–H and O–H groups in total. The van der Waals surface area contributed by atoms with Crippen molar-refractivity contribution in [2.75, 3.05) is 12.8 Å². The topological polar surface area (TPSA) is 95.4 Å². The summed E-state index contributed by atoms with van der Waals surface area (Å²) in [5.41, 5.74) is 7.52. The van der Waals surface area contributed by atoms with Gasteiger partial charge in [-0.05, 0) is 68.2 Å². The van der Waals surface area contributed by atoms with Gasteiger partial charge in [-0.25, -0.2) is 18.6 Å². The van der Waals surface area contributed by atoms with Crippen molar-refractivity contribution >= 4 is 22.8 Å². The summed E-state index contributed by atoms with van der Waals surface area (Å²) in [5.74, 6) is 3.76. The molecule has 1 amide bonds. The van der Waals surface area contributed by atoms with E-state index < -0.39 is 11.6 Å². The van der Waals surface area contributed by atoms with Gasteiger partial charge in [-0.15, -0.1) is 0 Å². The second-order valence-electron chi connectivity index (χ2n) is 8.79. The number of imidazole rings is 1. The standard InChI is InChI=1S/C27H23F2N5O3/c1-3-4-24(35)32(2)18-14-19(15-18)33-22-11-12-31-26(30)25(22)34(27(33)36)17-6-8-20(9-7-17)37-23-10-5-16(28)13-21(23)29/h5-13,18-19H,14-15H2,1-2H3,(H2,30,31)/t18-,19+. The van der Waals surface area contributed by atoms with Crippen LogP contribution in [-0.4, -0.2) is 38.0 Å². The molecule has 1 saturated carbocycles. The van der Waals surface area contributed by atoms with Crippen molar-refractivity contribution in [3.63, 3.8) is 0 Å². The number of pyridine rings is 1. The predicted molar refractivity (Wildman–Crippen MR) is 134 cm³/mol. The molecule has 2 aromatic heterocycles. The summed E-state index contributed by atoms with van der Waals surface area (Å²) < 4.78 is 35.8. The molecule has 37 heavy (non-hydrogen) atoms. The molecule has 2 aromatic carbocycles. The van der Waals surface area contributed by atoms with E-state index in [-0.39, 0.29) is 35.2 Å². The summed E-state index contributed by atoms with van der Waals surface area (Å²) in [6, 6.07) is 11.1. The Morgan fingerprint density at radius 2 is 1.89 bits per heavy atom. The molecule has 188 valence electrons. The van der Waals surface area contributed by atoms with E-state index in [9.17, 15) is 18.4 Å². The van der Waals surface area contributed by atoms with Crippen molar-refractivity contribution in [2.45, 2.75) is 31.8 Å². The quantitative estimate of drug-likeness (QED) is 0.415. The van der Waals surface area contributed by atoms with Gasteiger partial charge in [0.25, 0.3) is 5.91 Å². The van der Waals surface area contributed by atoms with Crippen LogP contribution in [-0.2, 0) is 4.79 Å². The van der Waals surface area contributed by atoms with Gasteiger partial charge in [-0.3, -0.25) is 13.9 Å². The molecule has 0 atom stereocenters. The van der Waals surface area contributed by atoms with Crippen LogP contribution in [0.1, 0.15) is 25.8 Å². The molecule has 0 spiro atoms. The Kier molecular flexibility index (Phi) is 6.13. The number of nitrogens with zero attached hydrogens (tertiary/aromatic N) is 4. The number of carbonyl (C=O) groups is 1. The molecule has 2 heterocycles. The highest BCUT2D eigenvalue weighted by Crippen LogP contribution is 2.37. The number of benzene rings is 2. The Morgan fingerprint density at radius 1 is 1.16 bits per heavy atom. The van der Waals surface area contributed by atoms with E-state index in [4.69, 9.17) is 10.5 Å². The number of anilines is 1. The molecule has 5 rings (SSSR count). The second-order valence-corrected chi connectivity index (χ2v) is 8.79. The largest absolute Gasteiger partial charge is 0.454 e. The molecule has 10 heteroatoms. The van der Waals surface area contributed by atoms with Crippen molar-refractivity contribution in [3.8, 4) is 29.0 Å². The average molecular weight is 504 g/mol. The Balaban J connectivity index is 1.47. The van der Waals surface area contributed by atoms with Crippen LogP contribution in [0.15, 0.2) is 59.5 Å². The summed E-state index contributed by atoms with van der Waals surface area (Å²) >= 11 is 0. The van der Waals surface area contributed by atoms with Gasteiger partial charge in [0.1, 0.15) is 22.9 Å². The Bertz CT molecular complexity index is 1630. The molecule has 8 nitrogen and oxygen atoms in total. The number of carbonyl (C=O) groups excluding carboxylic acids is 1. The molecular weight excluding hydrogens is 480 g/mol. The molecule has 1 aliphatic carbocycles. The van der Waals surface area contributed by atoms with Crippen molar-refractivity contribution in [1.29, 1.82) is 0 Å². The number of amides is 1. The highest BCUT2D eigenvalue weighted by Gasteiger charge is 2.37. The first-order chi connectivity index (χ1) is 17.8. The molecule has 0 saturated heterocycles. The van der Waals surface area contributed by atoms with Crippen LogP contribution < -0.4 is 16.2 Å². The normalized spacial score (nSPS) is 16.5. The van der Waals surface area contributed by atoms with Gasteiger partial charge in [0.2, 0.25) is 0 Å². The molecular formula is C27H23F2N5O3. The van der Waals surface area contributed by atoms with Crippen molar-refractivity contribution in [1.82, 2.24) is 19.0 Å². The zero-order valence-electron chi connectivity index (χ0n) is 20.1. The molecule has 0 radical (unpaired) electrons. The lowest BCUT2D eigenvalue weighted by Crippen LogP contribution is -2.47. The third-order valence-electron chi connectivity index (χ3n) is 6.58. The van der Waals surface area contributed by atoms with Crippen LogP contribution in [0.4, 0.5) is 14.6 Å². The fraction of sp³-hybridized carbons (Fsp3) is 0.222. The van der Waals surface area contributed by atoms with Gasteiger partial charge in [-0.2, -0.15) is 0 Å². The molecule has 0 unspecified atom stereocenters. The van der Waals surface area contributed by atoms with Crippen LogP contribution in [0.25, 0.3) is 16.7 Å². The number of aromatic nitrogens is 3. The number of halogens is 2. The van der Waals surface area contributed by atoms with Gasteiger partial charge in [0, 0.05) is 31.4 Å². The first-order valence-corrected chi connectivity index (χ1v) is 11.6. The average Bonchev–Trinajstić information content (AvgIpc) is 3.13. The van der Waals surface area contributed by atoms with Gasteiger partial charge in [0.05, 0.1) is 11.2 Å². The molecule has 1 aliphatic rings. The van der Waals surface area contributed by atoms with Crippen LogP contribution in [0, 0.1) is 23.5 Å². The number of hydrogen-bond acceptors (Lipinski definition) is 5. The number of hydrogen-bond donors (Lipinski definition) is 1. The van der Waals surface area contributed by atoms with E-state index in [0.717, 1.165) is 12.1 Å². The summed E-state index contributed by atoms with van der Waals surface area (Å²) in [7, 11) is 1.71. The van der Waals surface area contributed by atoms with Crippen molar-refractivity contribution in [2.24, 2.45) is 0 Å². The van der Waals surface area contributed by atoms with E-state index in [2.05, 4.69) is 16.8 Å². The van der Waals surface area contributed by atoms with E-state index in [1.165, 1.54) is 10.6 Å². The fourth-order valence-corrected chi connectivity index (χ4v) is 4.58. The summed E-state index contributed by atoms with van der Waals surface area (Å²) in [5, 5.41) is 0. The smallest absolute Gasteiger partial charge is 0.334 e. The maximum atomic E-state index is 14.0. The lowest BCUT2D eigenvalue weighted by Gasteiger charge is -2.40. The van der Waals surface area contributed by atoms with Gasteiger partial charge < -0.3 is 15.4 Å². The van der Waals surface area contributed by atoms with Gasteiger partial charge in [0.15, 0.2) is 11.6 Å². The third kappa shape index (κ3) is 4.29. The zero-order chi connectivity index (χ0) is 26.3. The highest BCUT2D eigenvalue weighted by atomic mass is 19.1. The zero-order valence-corrected chi connectivity index (χ0v) is 20.1. The number of ether oxygens (including phenoxy) is 1. The summed E-state index contributed by atoms with van der Waals surface area (Å²) in [4.78, 5) is 31.6. The predicted octanol–water partition coefficient (Wildman–Crippen LogP) is 4.03. The minimum Gasteiger partial charge on any atom is -0.454 e. The van der Waals surface area contributed by atoms with Gasteiger partial charge in [-0.1, -0.05) is 5.92 Å². The number of nitrogens with two attached hydrogens (primary N) is 1. The van der Waals surface area contributed by atoms with Crippen LogP contribution in [0.2, 0.25) is 0 Å². The van der Waals surface area contributed by atoms with E-state index in [1.807, 2.05) is 0 Å². The second kappa shape index (κ2) is 9.43. The molecule has 4 aromatic rings. The molecule has 1 fully saturated rings. The summed E-state index contributed by atoms with van der Waals surface area (Å²) in [6.07, 6.45) is 2.75. The minimum absolute atomic E-state index is 0.0221. The SMILES string of the molecule is CC#CC(=O)N(C)[C@H]1C[C@@H](n2c(=O)n(-c3ccc(Oc4ccc(F)cc4F)cc3)c3c(N)nccc32)C1. The highest BCUT2D eigenvalue weighted by molar-refractivity contribution is 5.93. The monoisotopic (exact) mass is 503 g/mol. The number of nitrogen functional groups attached to an aromatic ring is 1. The van der Waals surface area contributed by atoms with Crippen LogP contribution in [0.5, 0.6) is 11.5 Å². The minimum atomic E-state index is -0.824. The first-order valence-electron chi connectivity index (χ1n) is 11.6. The molecule has 0 bridgehead atoms. The molecule has 0 aliphatic heterocycles. The first kappa shape index (κ1) is 24.1.